The van der Waals surface area contributed by atoms with Crippen molar-refractivity contribution < 1.29 is 47.1 Å². The molecule has 4 N–H and O–H groups in total. The highest BCUT2D eigenvalue weighted by molar-refractivity contribution is 6.38. The molecule has 4 unspecified atom stereocenters. The number of ether oxygens (including phenoxy) is 1. The fraction of sp³-hybridized carbons (Fsp3) is 0.618. The van der Waals surface area contributed by atoms with E-state index in [2.05, 4.69) is 21.3 Å². The van der Waals surface area contributed by atoms with E-state index in [4.69, 9.17) is 4.74 Å². The van der Waals surface area contributed by atoms with Crippen LogP contribution in [0.5, 0.6) is 0 Å². The fourth-order valence-electron chi connectivity index (χ4n) is 5.18. The highest BCUT2D eigenvalue weighted by Crippen LogP contribution is 2.26. The molecule has 0 aromatic heterocycles. The van der Waals surface area contributed by atoms with Gasteiger partial charge in [-0.2, -0.15) is 0 Å². The SMILES string of the molecule is CN(C)C(=O)C(NC(=O)CNC(=O)C(=O)C(CCC(F)F)NC(=O)C1CCCN1C(=O)C(NC(=O)OC(C)(C)C)C(C)(C)C)c1ccccc1. The Morgan fingerprint density at radius 2 is 1.54 bits per heavy atom. The first-order valence-electron chi connectivity index (χ1n) is 16.4. The largest absolute Gasteiger partial charge is 0.444 e. The van der Waals surface area contributed by atoms with Crippen LogP contribution in [0.3, 0.4) is 0 Å². The minimum Gasteiger partial charge on any atom is -0.444 e. The first-order chi connectivity index (χ1) is 23.1. The van der Waals surface area contributed by atoms with Crippen molar-refractivity contribution in [1.29, 1.82) is 0 Å². The molecule has 14 nitrogen and oxygen atoms in total. The number of hydrogen-bond donors (Lipinski definition) is 4. The Kier molecular flexibility index (Phi) is 14.8. The van der Waals surface area contributed by atoms with E-state index in [1.807, 2.05) is 0 Å². The molecule has 1 aliphatic rings. The van der Waals surface area contributed by atoms with Gasteiger partial charge in [-0.15, -0.1) is 0 Å². The van der Waals surface area contributed by atoms with Crippen LogP contribution in [-0.2, 0) is 33.5 Å². The number of ketones is 1. The highest BCUT2D eigenvalue weighted by Gasteiger charge is 2.43. The summed E-state index contributed by atoms with van der Waals surface area (Å²) < 4.78 is 31.7. The number of carbonyl (C=O) groups excluding carboxylic acids is 7. The van der Waals surface area contributed by atoms with Gasteiger partial charge in [0.15, 0.2) is 0 Å². The van der Waals surface area contributed by atoms with Crippen LogP contribution in [0.1, 0.15) is 78.8 Å². The van der Waals surface area contributed by atoms with Gasteiger partial charge in [0.1, 0.15) is 23.7 Å². The summed E-state index contributed by atoms with van der Waals surface area (Å²) in [7, 11) is 3.01. The minimum atomic E-state index is -2.85. The summed E-state index contributed by atoms with van der Waals surface area (Å²) in [4.78, 5) is 93.7. The normalized spacial score (nSPS) is 16.5. The maximum atomic E-state index is 13.7. The lowest BCUT2D eigenvalue weighted by Gasteiger charge is -2.36. The van der Waals surface area contributed by atoms with Crippen molar-refractivity contribution in [3.63, 3.8) is 0 Å². The van der Waals surface area contributed by atoms with Gasteiger partial charge in [0, 0.05) is 27.1 Å². The van der Waals surface area contributed by atoms with Crippen LogP contribution >= 0.6 is 0 Å². The summed E-state index contributed by atoms with van der Waals surface area (Å²) in [5.41, 5.74) is -1.17. The Labute approximate surface area is 291 Å². The summed E-state index contributed by atoms with van der Waals surface area (Å²) in [6.45, 7) is 9.57. The number of likely N-dealkylation sites (N-methyl/N-ethyl adjacent to an activating group) is 1. The van der Waals surface area contributed by atoms with Crippen LogP contribution < -0.4 is 21.3 Å². The third-order valence-electron chi connectivity index (χ3n) is 7.68. The quantitative estimate of drug-likeness (QED) is 0.212. The lowest BCUT2D eigenvalue weighted by molar-refractivity contribution is -0.144. The summed E-state index contributed by atoms with van der Waals surface area (Å²) in [5.74, 6) is -5.27. The Hall–Kier alpha value is -4.63. The average molecular weight is 709 g/mol. The number of Topliss-reactive ketones (excluding diaryl/α,β-unsaturated/α-hetero) is 1. The maximum Gasteiger partial charge on any atom is 0.408 e. The Morgan fingerprint density at radius 1 is 0.920 bits per heavy atom. The average Bonchev–Trinajstić information content (AvgIpc) is 3.51. The lowest BCUT2D eigenvalue weighted by Crippen LogP contribution is -2.59. The van der Waals surface area contributed by atoms with Crippen LogP contribution in [0, 0.1) is 5.41 Å². The second-order valence-corrected chi connectivity index (χ2v) is 14.4. The summed E-state index contributed by atoms with van der Waals surface area (Å²) >= 11 is 0. The number of benzene rings is 1. The van der Waals surface area contributed by atoms with Crippen LogP contribution in [0.4, 0.5) is 13.6 Å². The molecule has 0 bridgehead atoms. The number of hydrogen-bond acceptors (Lipinski definition) is 8. The number of nitrogens with one attached hydrogen (secondary N) is 4. The van der Waals surface area contributed by atoms with Crippen molar-refractivity contribution in [2.45, 2.75) is 103 Å². The topological polar surface area (TPSA) is 183 Å². The van der Waals surface area contributed by atoms with Crippen molar-refractivity contribution in [3.05, 3.63) is 35.9 Å². The van der Waals surface area contributed by atoms with Gasteiger partial charge < -0.3 is 35.8 Å². The molecule has 1 saturated heterocycles. The minimum absolute atomic E-state index is 0.144. The molecule has 6 amide bonds. The van der Waals surface area contributed by atoms with E-state index in [-0.39, 0.29) is 13.0 Å². The van der Waals surface area contributed by atoms with Crippen molar-refractivity contribution in [3.8, 4) is 0 Å². The Morgan fingerprint density at radius 3 is 2.08 bits per heavy atom. The Bertz CT molecular complexity index is 1390. The predicted octanol–water partition coefficient (Wildman–Crippen LogP) is 2.08. The molecule has 1 heterocycles. The van der Waals surface area contributed by atoms with Crippen molar-refractivity contribution in [1.82, 2.24) is 31.1 Å². The molecule has 50 heavy (non-hydrogen) atoms. The number of halogens is 2. The van der Waals surface area contributed by atoms with Crippen molar-refractivity contribution in [2.24, 2.45) is 5.41 Å². The number of carbonyl (C=O) groups is 7. The monoisotopic (exact) mass is 708 g/mol. The van der Waals surface area contributed by atoms with E-state index >= 15 is 0 Å². The molecule has 1 fully saturated rings. The number of nitrogens with zero attached hydrogens (tertiary/aromatic N) is 2. The first-order valence-corrected chi connectivity index (χ1v) is 16.4. The number of alkyl carbamates (subject to hydrolysis) is 1. The van der Waals surface area contributed by atoms with Crippen molar-refractivity contribution in [2.75, 3.05) is 27.2 Å². The smallest absolute Gasteiger partial charge is 0.408 e. The molecule has 4 atom stereocenters. The van der Waals surface area contributed by atoms with Crippen LogP contribution in [0.2, 0.25) is 0 Å². The van der Waals surface area contributed by atoms with Gasteiger partial charge in [-0.1, -0.05) is 51.1 Å². The van der Waals surface area contributed by atoms with Gasteiger partial charge in [0.05, 0.1) is 12.6 Å². The zero-order chi connectivity index (χ0) is 38.0. The molecule has 0 spiro atoms. The lowest BCUT2D eigenvalue weighted by atomic mass is 9.85. The van der Waals surface area contributed by atoms with E-state index in [0.29, 0.717) is 12.0 Å². The highest BCUT2D eigenvalue weighted by atomic mass is 19.3. The van der Waals surface area contributed by atoms with Gasteiger partial charge >= 0.3 is 6.09 Å². The molecule has 16 heteroatoms. The molecule has 0 saturated carbocycles. The molecule has 278 valence electrons. The second kappa shape index (κ2) is 17.9. The van der Waals surface area contributed by atoms with Gasteiger partial charge in [0.25, 0.3) is 5.91 Å². The van der Waals surface area contributed by atoms with E-state index in [1.54, 1.807) is 71.9 Å². The molecule has 2 rings (SSSR count). The zero-order valence-electron chi connectivity index (χ0n) is 29.9. The van der Waals surface area contributed by atoms with E-state index in [0.717, 1.165) is 0 Å². The molecule has 1 aromatic carbocycles. The fourth-order valence-corrected chi connectivity index (χ4v) is 5.18. The molecular weight excluding hydrogens is 658 g/mol. The zero-order valence-corrected chi connectivity index (χ0v) is 29.9. The molecule has 0 radical (unpaired) electrons. The molecular formula is C34H50F2N6O8. The van der Waals surface area contributed by atoms with E-state index in [9.17, 15) is 42.3 Å². The molecule has 1 aromatic rings. The van der Waals surface area contributed by atoms with Crippen LogP contribution in [0.15, 0.2) is 30.3 Å². The number of rotatable bonds is 14. The van der Waals surface area contributed by atoms with Gasteiger partial charge in [-0.3, -0.25) is 28.8 Å². The first kappa shape index (κ1) is 41.5. The van der Waals surface area contributed by atoms with Crippen LogP contribution in [0.25, 0.3) is 0 Å². The van der Waals surface area contributed by atoms with Gasteiger partial charge in [-0.05, 0) is 51.0 Å². The number of amides is 6. The summed E-state index contributed by atoms with van der Waals surface area (Å²) in [6.07, 6.45) is -4.52. The van der Waals surface area contributed by atoms with E-state index in [1.165, 1.54) is 23.9 Å². The second-order valence-electron chi connectivity index (χ2n) is 14.4. The molecule has 1 aliphatic heterocycles. The summed E-state index contributed by atoms with van der Waals surface area (Å²) in [6, 6.07) is 3.34. The summed E-state index contributed by atoms with van der Waals surface area (Å²) in [5, 5.41) is 9.58. The van der Waals surface area contributed by atoms with Crippen LogP contribution in [-0.4, -0.2) is 109 Å². The number of likely N-dealkylation sites (tertiary alicyclic amines) is 1. The predicted molar refractivity (Wildman–Crippen MR) is 179 cm³/mol. The van der Waals surface area contributed by atoms with Crippen molar-refractivity contribution >= 4 is 41.4 Å². The van der Waals surface area contributed by atoms with Gasteiger partial charge in [-0.25, -0.2) is 13.6 Å². The number of alkyl halides is 2. The van der Waals surface area contributed by atoms with Gasteiger partial charge in [0.2, 0.25) is 35.8 Å². The third-order valence-corrected chi connectivity index (χ3v) is 7.68. The Balaban J connectivity index is 2.16. The standard InChI is InChI=1S/C34H50F2N6O8/c1-33(2,3)27(40-32(49)50-34(4,5)6)31(48)42-18-12-15-22(42)28(45)38-21(16-17-23(35)36)26(44)29(46)37-19-24(43)39-25(30(47)41(7)8)20-13-10-9-11-14-20/h9-11,13-14,21-23,25,27H,12,15-19H2,1-8H3,(H,37,46)(H,38,45)(H,39,43)(H,40,49). The maximum absolute atomic E-state index is 13.7. The third kappa shape index (κ3) is 12.7. The molecule has 0 aliphatic carbocycles. The van der Waals surface area contributed by atoms with E-state index < -0.39 is 102 Å².